The summed E-state index contributed by atoms with van der Waals surface area (Å²) in [6.07, 6.45) is 0. The van der Waals surface area contributed by atoms with Crippen molar-refractivity contribution in [3.63, 3.8) is 0 Å². The zero-order valence-electron chi connectivity index (χ0n) is 24.9. The summed E-state index contributed by atoms with van der Waals surface area (Å²) in [5.41, 5.74) is 10.8. The Kier molecular flexibility index (Phi) is 5.31. The van der Waals surface area contributed by atoms with Gasteiger partial charge < -0.3 is 9.30 Å². The highest BCUT2D eigenvalue weighted by atomic mass is 16.5. The predicted octanol–water partition coefficient (Wildman–Crippen LogP) is 12.2. The topological polar surface area (TPSA) is 14.2 Å². The Morgan fingerprint density at radius 2 is 1.13 bits per heavy atom. The van der Waals surface area contributed by atoms with Gasteiger partial charge in [0.2, 0.25) is 0 Å². The summed E-state index contributed by atoms with van der Waals surface area (Å²) in [4.78, 5) is 0. The van der Waals surface area contributed by atoms with Crippen molar-refractivity contribution in [3.8, 4) is 50.6 Å². The van der Waals surface area contributed by atoms with Gasteiger partial charge in [-0.1, -0.05) is 109 Å². The fourth-order valence-electron chi connectivity index (χ4n) is 7.45. The number of fused-ring (bicyclic) bond motifs is 6. The molecule has 0 radical (unpaired) electrons. The molecule has 214 valence electrons. The summed E-state index contributed by atoms with van der Waals surface area (Å²) in [6, 6.07) is 59.1. The van der Waals surface area contributed by atoms with Crippen molar-refractivity contribution in [1.82, 2.24) is 4.57 Å². The molecule has 0 N–H and O–H groups in total. The van der Waals surface area contributed by atoms with Crippen LogP contribution in [0.25, 0.3) is 82.4 Å². The van der Waals surface area contributed by atoms with E-state index in [2.05, 4.69) is 156 Å². The van der Waals surface area contributed by atoms with Gasteiger partial charge in [-0.3, -0.25) is 0 Å². The van der Waals surface area contributed by atoms with E-state index in [1.165, 1.54) is 76.9 Å². The Morgan fingerprint density at radius 1 is 0.370 bits per heavy atom. The summed E-state index contributed by atoms with van der Waals surface area (Å²) < 4.78 is 8.75. The van der Waals surface area contributed by atoms with Crippen LogP contribution in [-0.2, 0) is 0 Å². The van der Waals surface area contributed by atoms with Crippen molar-refractivity contribution in [1.29, 1.82) is 0 Å². The maximum absolute atomic E-state index is 6.36. The molecular formula is C44H27NO. The minimum absolute atomic E-state index is 0.912. The van der Waals surface area contributed by atoms with Crippen LogP contribution in [0.5, 0.6) is 11.5 Å². The van der Waals surface area contributed by atoms with Gasteiger partial charge >= 0.3 is 0 Å². The minimum atomic E-state index is 0.912. The van der Waals surface area contributed by atoms with E-state index in [4.69, 9.17) is 4.74 Å². The molecule has 2 heterocycles. The molecular weight excluding hydrogens is 558 g/mol. The SMILES string of the molecule is c1ccc(-n2c3ccccc3c3cc4ccc(-c5cccc(-c6ccc7c8c(cccc68)-c6ccccc6O7)c5)cc4cc32)cc1. The molecule has 0 saturated carbocycles. The Bertz CT molecular complexity index is 2660. The van der Waals surface area contributed by atoms with Crippen LogP contribution >= 0.6 is 0 Å². The number of aromatic nitrogens is 1. The summed E-state index contributed by atoms with van der Waals surface area (Å²) in [5.74, 6) is 1.83. The van der Waals surface area contributed by atoms with Gasteiger partial charge in [0.1, 0.15) is 11.5 Å². The van der Waals surface area contributed by atoms with Crippen LogP contribution < -0.4 is 4.74 Å². The number of benzene rings is 8. The third-order valence-electron chi connectivity index (χ3n) is 9.55. The molecule has 2 nitrogen and oxygen atoms in total. The molecule has 46 heavy (non-hydrogen) atoms. The van der Waals surface area contributed by atoms with E-state index in [0.29, 0.717) is 0 Å². The van der Waals surface area contributed by atoms with Gasteiger partial charge in [0.05, 0.1) is 11.0 Å². The maximum atomic E-state index is 6.36. The first-order valence-corrected chi connectivity index (χ1v) is 15.8. The van der Waals surface area contributed by atoms with Crippen LogP contribution in [0, 0.1) is 0 Å². The second-order valence-corrected chi connectivity index (χ2v) is 12.1. The molecule has 0 fully saturated rings. The van der Waals surface area contributed by atoms with Crippen molar-refractivity contribution in [3.05, 3.63) is 164 Å². The normalized spacial score (nSPS) is 12.1. The lowest BCUT2D eigenvalue weighted by atomic mass is 9.89. The fourth-order valence-corrected chi connectivity index (χ4v) is 7.45. The Balaban J connectivity index is 1.12. The molecule has 9 aromatic rings. The van der Waals surface area contributed by atoms with Crippen LogP contribution in [-0.4, -0.2) is 4.57 Å². The fraction of sp³-hybridized carbons (Fsp3) is 0. The molecule has 0 spiro atoms. The van der Waals surface area contributed by atoms with Crippen molar-refractivity contribution in [2.24, 2.45) is 0 Å². The molecule has 0 saturated heterocycles. The Morgan fingerprint density at radius 3 is 2.09 bits per heavy atom. The first kappa shape index (κ1) is 25.2. The zero-order chi connectivity index (χ0) is 30.2. The summed E-state index contributed by atoms with van der Waals surface area (Å²) in [6.45, 7) is 0. The summed E-state index contributed by atoms with van der Waals surface area (Å²) in [7, 11) is 0. The lowest BCUT2D eigenvalue weighted by Crippen LogP contribution is -1.97. The number of hydrogen-bond acceptors (Lipinski definition) is 1. The van der Waals surface area contributed by atoms with E-state index in [1.807, 2.05) is 12.1 Å². The number of nitrogens with zero attached hydrogens (tertiary/aromatic N) is 1. The van der Waals surface area contributed by atoms with Gasteiger partial charge in [-0.2, -0.15) is 0 Å². The van der Waals surface area contributed by atoms with E-state index >= 15 is 0 Å². The minimum Gasteiger partial charge on any atom is -0.456 e. The molecule has 0 aliphatic carbocycles. The van der Waals surface area contributed by atoms with Crippen LogP contribution in [0.1, 0.15) is 0 Å². The lowest BCUT2D eigenvalue weighted by molar-refractivity contribution is 0.487. The summed E-state index contributed by atoms with van der Waals surface area (Å²) in [5, 5.41) is 7.40. The van der Waals surface area contributed by atoms with Crippen LogP contribution in [0.2, 0.25) is 0 Å². The maximum Gasteiger partial charge on any atom is 0.135 e. The van der Waals surface area contributed by atoms with Gasteiger partial charge in [-0.15, -0.1) is 0 Å². The highest BCUT2D eigenvalue weighted by Gasteiger charge is 2.21. The molecule has 1 aliphatic heterocycles. The molecule has 1 aromatic heterocycles. The van der Waals surface area contributed by atoms with Gasteiger partial charge in [-0.05, 0) is 98.6 Å². The third-order valence-corrected chi connectivity index (χ3v) is 9.55. The predicted molar refractivity (Wildman–Crippen MR) is 192 cm³/mol. The first-order chi connectivity index (χ1) is 22.8. The van der Waals surface area contributed by atoms with Crippen molar-refractivity contribution < 1.29 is 4.74 Å². The molecule has 1 aliphatic rings. The summed E-state index contributed by atoms with van der Waals surface area (Å²) >= 11 is 0. The average Bonchev–Trinajstić information content (AvgIpc) is 3.44. The van der Waals surface area contributed by atoms with Gasteiger partial charge in [0.25, 0.3) is 0 Å². The molecule has 0 bridgehead atoms. The molecule has 0 unspecified atom stereocenters. The van der Waals surface area contributed by atoms with Gasteiger partial charge in [-0.25, -0.2) is 0 Å². The van der Waals surface area contributed by atoms with Crippen molar-refractivity contribution in [2.75, 3.05) is 0 Å². The second kappa shape index (κ2) is 9.69. The van der Waals surface area contributed by atoms with E-state index in [-0.39, 0.29) is 0 Å². The molecule has 8 aromatic carbocycles. The van der Waals surface area contributed by atoms with Crippen LogP contribution in [0.3, 0.4) is 0 Å². The van der Waals surface area contributed by atoms with Gasteiger partial charge in [0.15, 0.2) is 0 Å². The quantitative estimate of drug-likeness (QED) is 0.201. The first-order valence-electron chi connectivity index (χ1n) is 15.8. The molecule has 2 heteroatoms. The highest BCUT2D eigenvalue weighted by molar-refractivity contribution is 6.14. The Hall–Kier alpha value is -6.12. The van der Waals surface area contributed by atoms with E-state index in [0.717, 1.165) is 17.1 Å². The van der Waals surface area contributed by atoms with E-state index < -0.39 is 0 Å². The molecule has 10 rings (SSSR count). The lowest BCUT2D eigenvalue weighted by Gasteiger charge is -2.22. The van der Waals surface area contributed by atoms with Crippen LogP contribution in [0.15, 0.2) is 164 Å². The van der Waals surface area contributed by atoms with Crippen molar-refractivity contribution in [2.45, 2.75) is 0 Å². The zero-order valence-corrected chi connectivity index (χ0v) is 24.9. The number of para-hydroxylation sites is 3. The number of ether oxygens (including phenoxy) is 1. The Labute approximate surface area is 266 Å². The second-order valence-electron chi connectivity index (χ2n) is 12.1. The number of hydrogen-bond donors (Lipinski definition) is 0. The molecule has 0 amide bonds. The number of rotatable bonds is 3. The smallest absolute Gasteiger partial charge is 0.135 e. The van der Waals surface area contributed by atoms with Gasteiger partial charge in [0, 0.05) is 27.4 Å². The largest absolute Gasteiger partial charge is 0.456 e. The monoisotopic (exact) mass is 585 g/mol. The van der Waals surface area contributed by atoms with Crippen molar-refractivity contribution >= 4 is 43.4 Å². The molecule has 0 atom stereocenters. The average molecular weight is 586 g/mol. The van der Waals surface area contributed by atoms with E-state index in [9.17, 15) is 0 Å². The standard InChI is InChI=1S/C44H27NO/c1-2-12-33(13-3-1)45-40-18-6-4-14-35(40)39-26-30-21-20-29(25-32(30)27-41(39)45)28-10-8-11-31(24-28)34-22-23-43-44-37(34)16-9-17-38(44)36-15-5-7-19-42(36)46-43/h1-27H. The van der Waals surface area contributed by atoms with Crippen LogP contribution in [0.4, 0.5) is 0 Å². The highest BCUT2D eigenvalue weighted by Crippen LogP contribution is 2.48. The van der Waals surface area contributed by atoms with E-state index in [1.54, 1.807) is 0 Å². The third kappa shape index (κ3) is 3.71.